The molecule has 0 saturated carbocycles. The number of ether oxygens (including phenoxy) is 2. The summed E-state index contributed by atoms with van der Waals surface area (Å²) in [5.41, 5.74) is 7.06. The fourth-order valence-corrected chi connectivity index (χ4v) is 3.42. The van der Waals surface area contributed by atoms with Crippen LogP contribution in [0.1, 0.15) is 10.4 Å². The van der Waals surface area contributed by atoms with E-state index < -0.39 is 5.91 Å². The van der Waals surface area contributed by atoms with E-state index in [-0.39, 0.29) is 22.1 Å². The molecular formula is C24H19NO6. The van der Waals surface area contributed by atoms with Gasteiger partial charge in [0.05, 0.1) is 19.8 Å². The van der Waals surface area contributed by atoms with Gasteiger partial charge in [0.2, 0.25) is 11.3 Å². The summed E-state index contributed by atoms with van der Waals surface area (Å²) in [5.74, 6) is 0.616. The van der Waals surface area contributed by atoms with Crippen molar-refractivity contribution in [3.05, 3.63) is 76.5 Å². The molecule has 7 heteroatoms. The predicted octanol–water partition coefficient (Wildman–Crippen LogP) is 3.95. The number of phenolic OH excluding ortho intramolecular Hbond substituents is 1. The zero-order valence-corrected chi connectivity index (χ0v) is 16.8. The number of primary amides is 1. The number of benzene rings is 3. The average Bonchev–Trinajstić information content (AvgIpc) is 2.78. The van der Waals surface area contributed by atoms with Gasteiger partial charge < -0.3 is 24.7 Å². The van der Waals surface area contributed by atoms with E-state index in [1.165, 1.54) is 26.4 Å². The first-order valence-corrected chi connectivity index (χ1v) is 9.35. The van der Waals surface area contributed by atoms with Gasteiger partial charge in [0.25, 0.3) is 0 Å². The van der Waals surface area contributed by atoms with Gasteiger partial charge in [-0.15, -0.1) is 0 Å². The zero-order valence-electron chi connectivity index (χ0n) is 16.8. The summed E-state index contributed by atoms with van der Waals surface area (Å²) in [5, 5.41) is 9.93. The number of nitrogens with two attached hydrogens (primary N) is 1. The quantitative estimate of drug-likeness (QED) is 0.509. The van der Waals surface area contributed by atoms with Gasteiger partial charge in [-0.2, -0.15) is 0 Å². The van der Waals surface area contributed by atoms with Crippen molar-refractivity contribution >= 4 is 16.9 Å². The number of carbonyl (C=O) groups excluding carboxylic acids is 1. The second-order valence-corrected chi connectivity index (χ2v) is 6.83. The lowest BCUT2D eigenvalue weighted by Crippen LogP contribution is -2.11. The number of aromatic hydroxyl groups is 1. The van der Waals surface area contributed by atoms with Gasteiger partial charge in [-0.1, -0.05) is 12.1 Å². The van der Waals surface area contributed by atoms with Crippen molar-refractivity contribution in [3.8, 4) is 39.7 Å². The number of amides is 1. The fourth-order valence-electron chi connectivity index (χ4n) is 3.42. The molecule has 1 amide bonds. The standard InChI is InChI=1S/C24H19NO6/c1-29-17-11-18(30-2)21-19(12-17)31-23(14-7-9-16(26)10-8-14)20(22(21)27)13-3-5-15(6-4-13)24(25)28/h3-12,26H,1-2H3,(H2,25,28). The lowest BCUT2D eigenvalue weighted by atomic mass is 9.97. The SMILES string of the molecule is COc1cc(OC)c2c(=O)c(-c3ccc(C(N)=O)cc3)c(-c3ccc(O)cc3)oc2c1. The Bertz CT molecular complexity index is 1340. The second-order valence-electron chi connectivity index (χ2n) is 6.83. The molecule has 4 rings (SSSR count). The van der Waals surface area contributed by atoms with Crippen molar-refractivity contribution in [2.24, 2.45) is 5.73 Å². The largest absolute Gasteiger partial charge is 0.508 e. The Balaban J connectivity index is 2.09. The molecule has 0 aliphatic rings. The third kappa shape index (κ3) is 3.57. The van der Waals surface area contributed by atoms with E-state index >= 15 is 0 Å². The molecule has 0 radical (unpaired) electrons. The van der Waals surface area contributed by atoms with Crippen LogP contribution in [-0.4, -0.2) is 25.2 Å². The number of hydrogen-bond acceptors (Lipinski definition) is 6. The van der Waals surface area contributed by atoms with E-state index in [1.54, 1.807) is 48.5 Å². The van der Waals surface area contributed by atoms with Crippen molar-refractivity contribution in [1.29, 1.82) is 0 Å². The van der Waals surface area contributed by atoms with Crippen LogP contribution in [0.3, 0.4) is 0 Å². The normalized spacial score (nSPS) is 10.8. The van der Waals surface area contributed by atoms with E-state index in [9.17, 15) is 14.7 Å². The van der Waals surface area contributed by atoms with E-state index in [0.29, 0.717) is 39.5 Å². The second kappa shape index (κ2) is 7.87. The van der Waals surface area contributed by atoms with Crippen LogP contribution in [0, 0.1) is 0 Å². The number of phenols is 1. The molecule has 3 aromatic carbocycles. The molecule has 1 aromatic heterocycles. The summed E-state index contributed by atoms with van der Waals surface area (Å²) >= 11 is 0. The lowest BCUT2D eigenvalue weighted by molar-refractivity contribution is 0.100. The molecule has 4 aromatic rings. The van der Waals surface area contributed by atoms with Crippen LogP contribution in [-0.2, 0) is 0 Å². The van der Waals surface area contributed by atoms with Gasteiger partial charge in [0.1, 0.15) is 34.0 Å². The highest BCUT2D eigenvalue weighted by Crippen LogP contribution is 2.37. The summed E-state index contributed by atoms with van der Waals surface area (Å²) in [6.07, 6.45) is 0. The molecule has 156 valence electrons. The molecule has 0 saturated heterocycles. The van der Waals surface area contributed by atoms with Crippen molar-refractivity contribution < 1.29 is 23.8 Å². The van der Waals surface area contributed by atoms with E-state index in [1.807, 2.05) is 0 Å². The molecule has 0 unspecified atom stereocenters. The summed E-state index contributed by atoms with van der Waals surface area (Å²) in [6, 6.07) is 15.9. The highest BCUT2D eigenvalue weighted by Gasteiger charge is 2.21. The smallest absolute Gasteiger partial charge is 0.248 e. The van der Waals surface area contributed by atoms with Crippen molar-refractivity contribution in [2.45, 2.75) is 0 Å². The van der Waals surface area contributed by atoms with Crippen LogP contribution in [0.4, 0.5) is 0 Å². The maximum atomic E-state index is 13.7. The Morgan fingerprint density at radius 1 is 0.935 bits per heavy atom. The minimum atomic E-state index is -0.565. The van der Waals surface area contributed by atoms with Crippen LogP contribution in [0.25, 0.3) is 33.4 Å². The Morgan fingerprint density at radius 2 is 1.58 bits per heavy atom. The summed E-state index contributed by atoms with van der Waals surface area (Å²) in [7, 11) is 2.97. The molecule has 1 heterocycles. The Kier molecular flexibility index (Phi) is 5.09. The molecule has 0 spiro atoms. The van der Waals surface area contributed by atoms with Crippen LogP contribution in [0.2, 0.25) is 0 Å². The highest BCUT2D eigenvalue weighted by atomic mass is 16.5. The van der Waals surface area contributed by atoms with Crippen LogP contribution in [0.5, 0.6) is 17.2 Å². The maximum Gasteiger partial charge on any atom is 0.248 e. The van der Waals surface area contributed by atoms with Gasteiger partial charge in [0, 0.05) is 23.3 Å². The van der Waals surface area contributed by atoms with E-state index in [4.69, 9.17) is 19.6 Å². The first kappa shape index (κ1) is 20.0. The van der Waals surface area contributed by atoms with Crippen molar-refractivity contribution in [3.63, 3.8) is 0 Å². The van der Waals surface area contributed by atoms with E-state index in [0.717, 1.165) is 0 Å². The Morgan fingerprint density at radius 3 is 2.16 bits per heavy atom. The summed E-state index contributed by atoms with van der Waals surface area (Å²) in [4.78, 5) is 25.1. The van der Waals surface area contributed by atoms with Gasteiger partial charge in [-0.05, 0) is 42.0 Å². The van der Waals surface area contributed by atoms with Gasteiger partial charge in [0.15, 0.2) is 0 Å². The average molecular weight is 417 g/mol. The summed E-state index contributed by atoms with van der Waals surface area (Å²) < 4.78 is 16.9. The molecule has 0 bridgehead atoms. The van der Waals surface area contributed by atoms with Crippen LogP contribution in [0.15, 0.2) is 69.9 Å². The molecule has 0 aliphatic carbocycles. The Hall–Kier alpha value is -4.26. The number of carbonyl (C=O) groups is 1. The van der Waals surface area contributed by atoms with Crippen LogP contribution < -0.4 is 20.6 Å². The third-order valence-corrected chi connectivity index (χ3v) is 4.98. The predicted molar refractivity (Wildman–Crippen MR) is 117 cm³/mol. The highest BCUT2D eigenvalue weighted by molar-refractivity contribution is 5.95. The zero-order chi connectivity index (χ0) is 22.1. The maximum absolute atomic E-state index is 13.7. The Labute approximate surface area is 177 Å². The van der Waals surface area contributed by atoms with Gasteiger partial charge >= 0.3 is 0 Å². The fraction of sp³-hybridized carbons (Fsp3) is 0.0833. The molecular weight excluding hydrogens is 398 g/mol. The number of hydrogen-bond donors (Lipinski definition) is 2. The lowest BCUT2D eigenvalue weighted by Gasteiger charge is -2.14. The minimum absolute atomic E-state index is 0.0857. The molecule has 0 aliphatic heterocycles. The van der Waals surface area contributed by atoms with Crippen molar-refractivity contribution in [1.82, 2.24) is 0 Å². The van der Waals surface area contributed by atoms with Crippen LogP contribution >= 0.6 is 0 Å². The molecule has 3 N–H and O–H groups in total. The molecule has 0 fully saturated rings. The first-order chi connectivity index (χ1) is 14.9. The van der Waals surface area contributed by atoms with Crippen molar-refractivity contribution in [2.75, 3.05) is 14.2 Å². The summed E-state index contributed by atoms with van der Waals surface area (Å²) in [6.45, 7) is 0. The first-order valence-electron chi connectivity index (χ1n) is 9.35. The topological polar surface area (TPSA) is 112 Å². The number of methoxy groups -OCH3 is 2. The molecule has 7 nitrogen and oxygen atoms in total. The number of fused-ring (bicyclic) bond motifs is 1. The minimum Gasteiger partial charge on any atom is -0.508 e. The molecule has 31 heavy (non-hydrogen) atoms. The molecule has 0 atom stereocenters. The van der Waals surface area contributed by atoms with E-state index in [2.05, 4.69) is 0 Å². The number of rotatable bonds is 5. The van der Waals surface area contributed by atoms with Gasteiger partial charge in [-0.3, -0.25) is 9.59 Å². The monoisotopic (exact) mass is 417 g/mol. The van der Waals surface area contributed by atoms with Gasteiger partial charge in [-0.25, -0.2) is 0 Å². The third-order valence-electron chi connectivity index (χ3n) is 4.98.